The Morgan fingerprint density at radius 2 is 2.44 bits per heavy atom. The molecule has 0 spiro atoms. The van der Waals surface area contributed by atoms with Gasteiger partial charge in [-0.25, -0.2) is 4.98 Å². The lowest BCUT2D eigenvalue weighted by molar-refractivity contribution is -0.120. The molecule has 0 radical (unpaired) electrons. The Bertz CT molecular complexity index is 344. The van der Waals surface area contributed by atoms with Gasteiger partial charge in [-0.3, -0.25) is 4.79 Å². The first-order chi connectivity index (χ1) is 7.66. The molecule has 1 aliphatic carbocycles. The fourth-order valence-electron chi connectivity index (χ4n) is 1.98. The van der Waals surface area contributed by atoms with E-state index in [9.17, 15) is 4.79 Å². The van der Waals surface area contributed by atoms with Crippen LogP contribution in [0.25, 0.3) is 0 Å². The molecule has 1 aliphatic rings. The average molecular weight is 242 g/mol. The highest BCUT2D eigenvalue weighted by Crippen LogP contribution is 2.36. The number of carbonyl (C=O) groups excluding carboxylic acids is 1. The first-order valence-corrected chi connectivity index (χ1v) is 5.99. The molecule has 2 rings (SSSR count). The van der Waals surface area contributed by atoms with Crippen LogP contribution in [0.2, 0.25) is 0 Å². The van der Waals surface area contributed by atoms with Crippen molar-refractivity contribution in [1.29, 1.82) is 0 Å². The van der Waals surface area contributed by atoms with Gasteiger partial charge < -0.3 is 9.88 Å². The van der Waals surface area contributed by atoms with E-state index in [4.69, 9.17) is 11.6 Å². The molecule has 1 fully saturated rings. The number of nitrogens with one attached hydrogen (secondary N) is 1. The van der Waals surface area contributed by atoms with Crippen LogP contribution >= 0.6 is 11.6 Å². The lowest BCUT2D eigenvalue weighted by Gasteiger charge is -2.36. The van der Waals surface area contributed by atoms with Crippen molar-refractivity contribution in [3.05, 3.63) is 18.7 Å². The third-order valence-corrected chi connectivity index (χ3v) is 3.28. The number of rotatable bonds is 4. The second-order valence-electron chi connectivity index (χ2n) is 4.36. The highest BCUT2D eigenvalue weighted by molar-refractivity contribution is 6.30. The van der Waals surface area contributed by atoms with Gasteiger partial charge in [0, 0.05) is 25.0 Å². The van der Waals surface area contributed by atoms with Crippen LogP contribution in [-0.2, 0) is 4.79 Å². The highest BCUT2D eigenvalue weighted by Gasteiger charge is 2.30. The molecule has 1 aromatic rings. The summed E-state index contributed by atoms with van der Waals surface area (Å²) in [4.78, 5) is 15.3. The Hall–Kier alpha value is -1.03. The molecule has 0 bridgehead atoms. The van der Waals surface area contributed by atoms with E-state index in [0.717, 1.165) is 19.4 Å². The van der Waals surface area contributed by atoms with Crippen molar-refractivity contribution in [3.8, 4) is 0 Å². The molecule has 1 atom stereocenters. The largest absolute Gasteiger partial charge is 0.355 e. The summed E-state index contributed by atoms with van der Waals surface area (Å²) in [6.07, 6.45) is 7.84. The first kappa shape index (κ1) is 11.5. The van der Waals surface area contributed by atoms with Gasteiger partial charge in [0.1, 0.15) is 5.38 Å². The molecule has 88 valence electrons. The predicted octanol–water partition coefficient (Wildman–Crippen LogP) is 1.58. The third kappa shape index (κ3) is 2.55. The second-order valence-corrected chi connectivity index (χ2v) is 5.02. The molecule has 1 heterocycles. The van der Waals surface area contributed by atoms with Crippen molar-refractivity contribution in [3.63, 3.8) is 0 Å². The van der Waals surface area contributed by atoms with E-state index in [2.05, 4.69) is 14.9 Å². The fraction of sp³-hybridized carbons (Fsp3) is 0.636. The highest BCUT2D eigenvalue weighted by atomic mass is 35.5. The number of alkyl halides is 1. The van der Waals surface area contributed by atoms with Gasteiger partial charge in [-0.05, 0) is 25.7 Å². The minimum atomic E-state index is -0.440. The normalized spacial score (nSPS) is 25.9. The van der Waals surface area contributed by atoms with Gasteiger partial charge in [0.25, 0.3) is 0 Å². The Labute approximate surface area is 100.0 Å². The molecular weight excluding hydrogens is 226 g/mol. The zero-order chi connectivity index (χ0) is 11.5. The van der Waals surface area contributed by atoms with Gasteiger partial charge in [-0.15, -0.1) is 11.6 Å². The summed E-state index contributed by atoms with van der Waals surface area (Å²) in [6, 6.07) is 0.554. The first-order valence-electron chi connectivity index (χ1n) is 5.56. The fourth-order valence-corrected chi connectivity index (χ4v) is 2.06. The van der Waals surface area contributed by atoms with E-state index >= 15 is 0 Å². The zero-order valence-electron chi connectivity index (χ0n) is 9.27. The summed E-state index contributed by atoms with van der Waals surface area (Å²) >= 11 is 5.66. The molecule has 1 saturated carbocycles. The maximum atomic E-state index is 11.2. The maximum absolute atomic E-state index is 11.2. The van der Waals surface area contributed by atoms with Gasteiger partial charge >= 0.3 is 0 Å². The van der Waals surface area contributed by atoms with Crippen LogP contribution < -0.4 is 5.32 Å². The second kappa shape index (κ2) is 4.87. The van der Waals surface area contributed by atoms with Crippen molar-refractivity contribution in [2.45, 2.75) is 31.2 Å². The van der Waals surface area contributed by atoms with Crippen LogP contribution in [0.4, 0.5) is 0 Å². The summed E-state index contributed by atoms with van der Waals surface area (Å²) in [5.41, 5.74) is 0. The summed E-state index contributed by atoms with van der Waals surface area (Å²) in [5, 5.41) is 2.41. The van der Waals surface area contributed by atoms with E-state index < -0.39 is 5.38 Å². The molecule has 1 unspecified atom stereocenters. The number of hydrogen-bond donors (Lipinski definition) is 1. The lowest BCUT2D eigenvalue weighted by Crippen LogP contribution is -2.39. The van der Waals surface area contributed by atoms with Gasteiger partial charge in [-0.1, -0.05) is 0 Å². The van der Waals surface area contributed by atoms with E-state index in [1.165, 1.54) is 0 Å². The molecule has 0 aliphatic heterocycles. The summed E-state index contributed by atoms with van der Waals surface area (Å²) in [7, 11) is 0. The Morgan fingerprint density at radius 1 is 1.69 bits per heavy atom. The van der Waals surface area contributed by atoms with Crippen LogP contribution in [0.1, 0.15) is 25.8 Å². The number of halogens is 1. The molecule has 1 amide bonds. The Kier molecular flexibility index (Phi) is 3.49. The minimum Gasteiger partial charge on any atom is -0.355 e. The van der Waals surface area contributed by atoms with E-state index in [1.54, 1.807) is 13.1 Å². The van der Waals surface area contributed by atoms with Crippen LogP contribution in [0.3, 0.4) is 0 Å². The van der Waals surface area contributed by atoms with Crippen molar-refractivity contribution >= 4 is 17.5 Å². The SMILES string of the molecule is CC(Cl)C(=O)NCC1CC(n2ccnc2)C1. The molecule has 1 aromatic heterocycles. The number of imidazole rings is 1. The van der Waals surface area contributed by atoms with Gasteiger partial charge in [0.05, 0.1) is 6.33 Å². The predicted molar refractivity (Wildman–Crippen MR) is 62.3 cm³/mol. The van der Waals surface area contributed by atoms with Gasteiger partial charge in [0.15, 0.2) is 0 Å². The zero-order valence-corrected chi connectivity index (χ0v) is 10.0. The molecule has 4 nitrogen and oxygen atoms in total. The van der Waals surface area contributed by atoms with Crippen LogP contribution in [-0.4, -0.2) is 27.4 Å². The van der Waals surface area contributed by atoms with Gasteiger partial charge in [-0.2, -0.15) is 0 Å². The van der Waals surface area contributed by atoms with Crippen molar-refractivity contribution in [2.75, 3.05) is 6.54 Å². The van der Waals surface area contributed by atoms with Crippen molar-refractivity contribution in [2.24, 2.45) is 5.92 Å². The van der Waals surface area contributed by atoms with Crippen molar-refractivity contribution in [1.82, 2.24) is 14.9 Å². The van der Waals surface area contributed by atoms with Crippen LogP contribution in [0.15, 0.2) is 18.7 Å². The molecule has 5 heteroatoms. The van der Waals surface area contributed by atoms with E-state index in [0.29, 0.717) is 12.0 Å². The maximum Gasteiger partial charge on any atom is 0.237 e. The Morgan fingerprint density at radius 3 is 3.00 bits per heavy atom. The monoisotopic (exact) mass is 241 g/mol. The molecular formula is C11H16ClN3O. The molecule has 16 heavy (non-hydrogen) atoms. The van der Waals surface area contributed by atoms with Crippen LogP contribution in [0, 0.1) is 5.92 Å². The van der Waals surface area contributed by atoms with E-state index in [1.807, 2.05) is 12.5 Å². The van der Waals surface area contributed by atoms with Gasteiger partial charge in [0.2, 0.25) is 5.91 Å². The topological polar surface area (TPSA) is 46.9 Å². The number of hydrogen-bond acceptors (Lipinski definition) is 2. The molecule has 0 saturated heterocycles. The minimum absolute atomic E-state index is 0.0762. The molecule has 0 aromatic carbocycles. The van der Waals surface area contributed by atoms with E-state index in [-0.39, 0.29) is 5.91 Å². The number of carbonyl (C=O) groups is 1. The molecule has 1 N–H and O–H groups in total. The number of aromatic nitrogens is 2. The summed E-state index contributed by atoms with van der Waals surface area (Å²) in [6.45, 7) is 2.42. The third-order valence-electron chi connectivity index (χ3n) is 3.08. The van der Waals surface area contributed by atoms with Crippen LogP contribution in [0.5, 0.6) is 0 Å². The lowest BCUT2D eigenvalue weighted by atomic mass is 9.80. The Balaban J connectivity index is 1.68. The average Bonchev–Trinajstić information content (AvgIpc) is 2.67. The number of amides is 1. The number of nitrogens with zero attached hydrogens (tertiary/aromatic N) is 2. The standard InChI is InChI=1S/C11H16ClN3O/c1-8(12)11(16)14-6-9-4-10(5-9)15-3-2-13-7-15/h2-3,7-10H,4-6H2,1H3,(H,14,16). The van der Waals surface area contributed by atoms with Crippen molar-refractivity contribution < 1.29 is 4.79 Å². The smallest absolute Gasteiger partial charge is 0.237 e. The summed E-state index contributed by atoms with van der Waals surface area (Å²) in [5.74, 6) is 0.500. The summed E-state index contributed by atoms with van der Waals surface area (Å²) < 4.78 is 2.13. The quantitative estimate of drug-likeness (QED) is 0.814.